The smallest absolute Gasteiger partial charge is 0.200 e. The molecule has 0 aliphatic heterocycles. The molecule has 28 heavy (non-hydrogen) atoms. The second-order valence-corrected chi connectivity index (χ2v) is 6.26. The normalized spacial score (nSPS) is 11.0. The van der Waals surface area contributed by atoms with Crippen molar-refractivity contribution in [2.75, 3.05) is 14.2 Å². The first kappa shape index (κ1) is 19.2. The van der Waals surface area contributed by atoms with Gasteiger partial charge in [0.2, 0.25) is 5.75 Å². The fourth-order valence-electron chi connectivity index (χ4n) is 3.10. The largest absolute Gasteiger partial charge is 0.502 e. The summed E-state index contributed by atoms with van der Waals surface area (Å²) in [6.07, 6.45) is 3.25. The summed E-state index contributed by atoms with van der Waals surface area (Å²) in [4.78, 5) is 13.1. The van der Waals surface area contributed by atoms with Crippen LogP contribution in [0.4, 0.5) is 0 Å². The highest BCUT2D eigenvalue weighted by Gasteiger charge is 2.20. The van der Waals surface area contributed by atoms with Gasteiger partial charge in [0.1, 0.15) is 0 Å². The SMILES string of the molecule is COc1cc(/C=C/C(=O)C(c2ccccc2)c2ccccc2)cc(OC)c1O. The number of phenolic OH excluding ortho intramolecular Hbond substituents is 1. The summed E-state index contributed by atoms with van der Waals surface area (Å²) in [7, 11) is 2.93. The molecule has 1 N–H and O–H groups in total. The first-order valence-electron chi connectivity index (χ1n) is 8.91. The average molecular weight is 374 g/mol. The van der Waals surface area contributed by atoms with Gasteiger partial charge in [-0.05, 0) is 34.9 Å². The van der Waals surface area contributed by atoms with Crippen LogP contribution in [0, 0.1) is 0 Å². The van der Waals surface area contributed by atoms with Crippen molar-refractivity contribution in [3.63, 3.8) is 0 Å². The average Bonchev–Trinajstić information content (AvgIpc) is 2.74. The number of hydrogen-bond acceptors (Lipinski definition) is 4. The minimum absolute atomic E-state index is 0.0385. The van der Waals surface area contributed by atoms with Gasteiger partial charge < -0.3 is 14.6 Å². The van der Waals surface area contributed by atoms with E-state index in [-0.39, 0.29) is 28.9 Å². The van der Waals surface area contributed by atoms with Crippen LogP contribution in [0.3, 0.4) is 0 Å². The molecule has 3 aromatic rings. The highest BCUT2D eigenvalue weighted by atomic mass is 16.5. The van der Waals surface area contributed by atoms with E-state index in [0.29, 0.717) is 5.56 Å². The lowest BCUT2D eigenvalue weighted by Gasteiger charge is -2.15. The summed E-state index contributed by atoms with van der Waals surface area (Å²) < 4.78 is 10.3. The third kappa shape index (κ3) is 4.23. The van der Waals surface area contributed by atoms with Gasteiger partial charge >= 0.3 is 0 Å². The minimum atomic E-state index is -0.389. The Labute approximate surface area is 164 Å². The molecule has 0 spiro atoms. The number of hydrogen-bond donors (Lipinski definition) is 1. The Hall–Kier alpha value is -3.53. The molecular weight excluding hydrogens is 352 g/mol. The van der Waals surface area contributed by atoms with E-state index < -0.39 is 0 Å². The molecule has 0 aliphatic carbocycles. The number of rotatable bonds is 7. The van der Waals surface area contributed by atoms with Gasteiger partial charge in [-0.1, -0.05) is 66.7 Å². The molecular formula is C24H22O4. The Balaban J connectivity index is 1.95. The maximum atomic E-state index is 13.1. The van der Waals surface area contributed by atoms with Crippen molar-refractivity contribution in [2.45, 2.75) is 5.92 Å². The number of aromatic hydroxyl groups is 1. The van der Waals surface area contributed by atoms with E-state index in [9.17, 15) is 9.90 Å². The van der Waals surface area contributed by atoms with Crippen molar-refractivity contribution >= 4 is 11.9 Å². The molecule has 0 unspecified atom stereocenters. The van der Waals surface area contributed by atoms with Crippen LogP contribution in [0.25, 0.3) is 6.08 Å². The molecule has 0 atom stereocenters. The first-order chi connectivity index (χ1) is 13.6. The quantitative estimate of drug-likeness (QED) is 0.602. The van der Waals surface area contributed by atoms with Crippen LogP contribution in [0.1, 0.15) is 22.6 Å². The number of benzene rings is 3. The maximum absolute atomic E-state index is 13.1. The number of ether oxygens (including phenoxy) is 2. The van der Waals surface area contributed by atoms with E-state index in [1.807, 2.05) is 60.7 Å². The zero-order chi connectivity index (χ0) is 19.9. The van der Waals surface area contributed by atoms with Gasteiger partial charge in [0.05, 0.1) is 20.1 Å². The van der Waals surface area contributed by atoms with Crippen LogP contribution in [-0.4, -0.2) is 25.1 Å². The fraction of sp³-hybridized carbons (Fsp3) is 0.125. The van der Waals surface area contributed by atoms with Gasteiger partial charge in [0.15, 0.2) is 17.3 Å². The molecule has 4 nitrogen and oxygen atoms in total. The number of methoxy groups -OCH3 is 2. The number of allylic oxidation sites excluding steroid dienone is 1. The lowest BCUT2D eigenvalue weighted by molar-refractivity contribution is -0.115. The fourth-order valence-corrected chi connectivity index (χ4v) is 3.10. The van der Waals surface area contributed by atoms with Crippen LogP contribution in [-0.2, 0) is 4.79 Å². The zero-order valence-corrected chi connectivity index (χ0v) is 15.8. The van der Waals surface area contributed by atoms with E-state index in [0.717, 1.165) is 11.1 Å². The Kier molecular flexibility index (Phi) is 6.12. The lowest BCUT2D eigenvalue weighted by Crippen LogP contribution is -2.11. The third-order valence-corrected chi connectivity index (χ3v) is 4.49. The topological polar surface area (TPSA) is 55.8 Å². The monoisotopic (exact) mass is 374 g/mol. The van der Waals surface area contributed by atoms with E-state index >= 15 is 0 Å². The molecule has 0 amide bonds. The summed E-state index contributed by atoms with van der Waals surface area (Å²) in [6.45, 7) is 0. The van der Waals surface area contributed by atoms with Crippen molar-refractivity contribution < 1.29 is 19.4 Å². The minimum Gasteiger partial charge on any atom is -0.502 e. The predicted octanol–water partition coefficient (Wildman–Crippen LogP) is 4.82. The molecule has 0 saturated carbocycles. The summed E-state index contributed by atoms with van der Waals surface area (Å²) in [5.41, 5.74) is 2.56. The first-order valence-corrected chi connectivity index (χ1v) is 8.91. The van der Waals surface area contributed by atoms with Gasteiger partial charge in [-0.25, -0.2) is 0 Å². The molecule has 0 heterocycles. The standard InChI is InChI=1S/C24H22O4/c1-27-21-15-17(16-22(28-2)24(21)26)13-14-20(25)23(18-9-5-3-6-10-18)19-11-7-4-8-12-19/h3-16,23,26H,1-2H3/b14-13+. The highest BCUT2D eigenvalue weighted by molar-refractivity contribution is 6.00. The molecule has 0 aliphatic rings. The van der Waals surface area contributed by atoms with Crippen LogP contribution in [0.2, 0.25) is 0 Å². The van der Waals surface area contributed by atoms with Crippen molar-refractivity contribution in [3.05, 3.63) is 95.6 Å². The molecule has 3 aromatic carbocycles. The number of carbonyl (C=O) groups excluding carboxylic acids is 1. The number of phenols is 1. The molecule has 0 bridgehead atoms. The van der Waals surface area contributed by atoms with Crippen LogP contribution < -0.4 is 9.47 Å². The Morgan fingerprint density at radius 1 is 0.857 bits per heavy atom. The Morgan fingerprint density at radius 2 is 1.32 bits per heavy atom. The highest BCUT2D eigenvalue weighted by Crippen LogP contribution is 2.37. The molecule has 3 rings (SSSR count). The lowest BCUT2D eigenvalue weighted by atomic mass is 9.87. The second kappa shape index (κ2) is 8.91. The van der Waals surface area contributed by atoms with E-state index in [1.165, 1.54) is 14.2 Å². The maximum Gasteiger partial charge on any atom is 0.200 e. The summed E-state index contributed by atoms with van der Waals surface area (Å²) in [6, 6.07) is 22.7. The van der Waals surface area contributed by atoms with Gasteiger partial charge in [-0.15, -0.1) is 0 Å². The Bertz CT molecular complexity index is 898. The van der Waals surface area contributed by atoms with Crippen molar-refractivity contribution in [2.24, 2.45) is 0 Å². The molecule has 0 radical (unpaired) electrons. The van der Waals surface area contributed by atoms with Gasteiger partial charge in [-0.2, -0.15) is 0 Å². The predicted molar refractivity (Wildman–Crippen MR) is 110 cm³/mol. The van der Waals surface area contributed by atoms with Crippen molar-refractivity contribution in [3.8, 4) is 17.2 Å². The molecule has 0 saturated heterocycles. The van der Waals surface area contributed by atoms with Crippen molar-refractivity contribution in [1.82, 2.24) is 0 Å². The van der Waals surface area contributed by atoms with E-state index in [2.05, 4.69) is 0 Å². The second-order valence-electron chi connectivity index (χ2n) is 6.26. The van der Waals surface area contributed by atoms with Crippen LogP contribution in [0.5, 0.6) is 17.2 Å². The number of ketones is 1. The van der Waals surface area contributed by atoms with Crippen molar-refractivity contribution in [1.29, 1.82) is 0 Å². The van der Waals surface area contributed by atoms with E-state index in [4.69, 9.17) is 9.47 Å². The third-order valence-electron chi connectivity index (χ3n) is 4.49. The summed E-state index contributed by atoms with van der Waals surface area (Å²) in [5.74, 6) is 0.0751. The number of carbonyl (C=O) groups is 1. The van der Waals surface area contributed by atoms with E-state index in [1.54, 1.807) is 24.3 Å². The van der Waals surface area contributed by atoms with Crippen LogP contribution in [0.15, 0.2) is 78.9 Å². The molecule has 4 heteroatoms. The summed E-state index contributed by atoms with van der Waals surface area (Å²) in [5, 5.41) is 10.0. The Morgan fingerprint density at radius 3 is 1.75 bits per heavy atom. The van der Waals surface area contributed by atoms with Gasteiger partial charge in [0, 0.05) is 0 Å². The van der Waals surface area contributed by atoms with Gasteiger partial charge in [0.25, 0.3) is 0 Å². The molecule has 0 fully saturated rings. The zero-order valence-electron chi connectivity index (χ0n) is 15.8. The molecule has 142 valence electrons. The van der Waals surface area contributed by atoms with Crippen LogP contribution >= 0.6 is 0 Å². The summed E-state index contributed by atoms with van der Waals surface area (Å²) >= 11 is 0. The van der Waals surface area contributed by atoms with Gasteiger partial charge in [-0.3, -0.25) is 4.79 Å². The molecule has 0 aromatic heterocycles.